The molecule has 2 fully saturated rings. The molecule has 1 saturated carbocycles. The van der Waals surface area contributed by atoms with Gasteiger partial charge >= 0.3 is 5.97 Å². The number of piperidine rings is 1. The SMILES string of the molecule is COC(=O)c1ccc(NC2C3CNCC32)nc1C. The standard InChI is InChI=1S/C13H17N3O2/c1-7-8(13(17)18-2)3-4-11(15-7)16-12-9-5-14-6-10(9)12/h3-4,9-10,12,14H,5-6H2,1-2H3,(H,15,16). The molecule has 0 bridgehead atoms. The minimum absolute atomic E-state index is 0.334. The highest BCUT2D eigenvalue weighted by Crippen LogP contribution is 2.43. The molecule has 1 saturated heterocycles. The quantitative estimate of drug-likeness (QED) is 0.774. The van der Waals surface area contributed by atoms with E-state index in [9.17, 15) is 4.79 Å². The van der Waals surface area contributed by atoms with Crippen LogP contribution >= 0.6 is 0 Å². The largest absolute Gasteiger partial charge is 0.465 e. The Labute approximate surface area is 106 Å². The van der Waals surface area contributed by atoms with E-state index >= 15 is 0 Å². The zero-order valence-electron chi connectivity index (χ0n) is 10.6. The van der Waals surface area contributed by atoms with Gasteiger partial charge in [-0.25, -0.2) is 9.78 Å². The Hall–Kier alpha value is -1.62. The van der Waals surface area contributed by atoms with Crippen LogP contribution in [0, 0.1) is 18.8 Å². The Morgan fingerprint density at radius 1 is 1.44 bits per heavy atom. The molecule has 1 aromatic heterocycles. The van der Waals surface area contributed by atoms with Crippen molar-refractivity contribution in [3.8, 4) is 0 Å². The Bertz CT molecular complexity index is 479. The summed E-state index contributed by atoms with van der Waals surface area (Å²) in [4.78, 5) is 15.9. The molecule has 0 spiro atoms. The molecule has 2 unspecified atom stereocenters. The second-order valence-electron chi connectivity index (χ2n) is 4.98. The van der Waals surface area contributed by atoms with Crippen molar-refractivity contribution in [2.75, 3.05) is 25.5 Å². The highest BCUT2D eigenvalue weighted by atomic mass is 16.5. The zero-order chi connectivity index (χ0) is 12.7. The summed E-state index contributed by atoms with van der Waals surface area (Å²) >= 11 is 0. The molecule has 0 aromatic carbocycles. The molecule has 18 heavy (non-hydrogen) atoms. The van der Waals surface area contributed by atoms with Crippen LogP contribution in [0.4, 0.5) is 5.82 Å². The van der Waals surface area contributed by atoms with Crippen molar-refractivity contribution >= 4 is 11.8 Å². The van der Waals surface area contributed by atoms with Crippen molar-refractivity contribution < 1.29 is 9.53 Å². The third-order valence-corrected chi connectivity index (χ3v) is 3.90. The lowest BCUT2D eigenvalue weighted by Gasteiger charge is -2.10. The highest BCUT2D eigenvalue weighted by Gasteiger charge is 2.53. The van der Waals surface area contributed by atoms with Gasteiger partial charge in [-0.05, 0) is 30.9 Å². The normalized spacial score (nSPS) is 28.7. The van der Waals surface area contributed by atoms with Gasteiger partial charge < -0.3 is 15.4 Å². The highest BCUT2D eigenvalue weighted by molar-refractivity contribution is 5.90. The molecule has 2 N–H and O–H groups in total. The Balaban J connectivity index is 1.71. The van der Waals surface area contributed by atoms with E-state index in [1.54, 1.807) is 6.07 Å². The molecule has 0 radical (unpaired) electrons. The number of esters is 1. The number of nitrogens with zero attached hydrogens (tertiary/aromatic N) is 1. The third kappa shape index (κ3) is 1.84. The number of fused-ring (bicyclic) bond motifs is 1. The van der Waals surface area contributed by atoms with Crippen molar-refractivity contribution in [2.24, 2.45) is 11.8 Å². The summed E-state index contributed by atoms with van der Waals surface area (Å²) in [7, 11) is 1.38. The first-order chi connectivity index (χ1) is 8.70. The molecular formula is C13H17N3O2. The van der Waals surface area contributed by atoms with Crippen LogP contribution in [0.2, 0.25) is 0 Å². The molecule has 2 heterocycles. The summed E-state index contributed by atoms with van der Waals surface area (Å²) in [5.74, 6) is 2.00. The summed E-state index contributed by atoms with van der Waals surface area (Å²) in [5.41, 5.74) is 1.23. The van der Waals surface area contributed by atoms with Crippen LogP contribution in [0.5, 0.6) is 0 Å². The van der Waals surface area contributed by atoms with E-state index in [2.05, 4.69) is 15.6 Å². The molecule has 2 atom stereocenters. The van der Waals surface area contributed by atoms with Crippen molar-refractivity contribution in [3.63, 3.8) is 0 Å². The van der Waals surface area contributed by atoms with Crippen LogP contribution in [0.25, 0.3) is 0 Å². The van der Waals surface area contributed by atoms with Crippen LogP contribution in [-0.2, 0) is 4.74 Å². The van der Waals surface area contributed by atoms with Gasteiger partial charge in [0.1, 0.15) is 5.82 Å². The van der Waals surface area contributed by atoms with Crippen LogP contribution in [0.3, 0.4) is 0 Å². The average molecular weight is 247 g/mol. The van der Waals surface area contributed by atoms with E-state index in [4.69, 9.17) is 4.74 Å². The summed E-state index contributed by atoms with van der Waals surface area (Å²) in [6, 6.07) is 4.16. The molecule has 3 rings (SSSR count). The molecule has 0 amide bonds. The zero-order valence-corrected chi connectivity index (χ0v) is 10.6. The fourth-order valence-corrected chi connectivity index (χ4v) is 2.77. The van der Waals surface area contributed by atoms with Gasteiger partial charge in [0.2, 0.25) is 0 Å². The number of ether oxygens (including phenoxy) is 1. The van der Waals surface area contributed by atoms with Crippen molar-refractivity contribution in [1.29, 1.82) is 0 Å². The molecule has 1 aromatic rings. The van der Waals surface area contributed by atoms with E-state index in [0.29, 0.717) is 17.3 Å². The molecule has 1 aliphatic heterocycles. The lowest BCUT2D eigenvalue weighted by atomic mass is 10.2. The number of carbonyl (C=O) groups is 1. The number of aromatic nitrogens is 1. The maximum atomic E-state index is 11.4. The van der Waals surface area contributed by atoms with Gasteiger partial charge in [-0.1, -0.05) is 0 Å². The summed E-state index contributed by atoms with van der Waals surface area (Å²) in [6.45, 7) is 4.02. The molecule has 96 valence electrons. The van der Waals surface area contributed by atoms with Crippen LogP contribution in [0.15, 0.2) is 12.1 Å². The van der Waals surface area contributed by atoms with Gasteiger partial charge in [-0.2, -0.15) is 0 Å². The summed E-state index contributed by atoms with van der Waals surface area (Å²) in [6.07, 6.45) is 0. The molecule has 1 aliphatic carbocycles. The fraction of sp³-hybridized carbons (Fsp3) is 0.538. The van der Waals surface area contributed by atoms with Gasteiger partial charge in [0.05, 0.1) is 18.4 Å². The van der Waals surface area contributed by atoms with Crippen molar-refractivity contribution in [1.82, 2.24) is 10.3 Å². The van der Waals surface area contributed by atoms with Crippen LogP contribution in [0.1, 0.15) is 16.1 Å². The predicted octanol–water partition coefficient (Wildman–Crippen LogP) is 0.806. The number of rotatable bonds is 3. The predicted molar refractivity (Wildman–Crippen MR) is 67.6 cm³/mol. The van der Waals surface area contributed by atoms with Crippen LogP contribution in [-0.4, -0.2) is 37.2 Å². The first-order valence-corrected chi connectivity index (χ1v) is 6.24. The topological polar surface area (TPSA) is 63.2 Å². The number of pyridine rings is 1. The summed E-state index contributed by atoms with van der Waals surface area (Å²) < 4.78 is 4.70. The minimum atomic E-state index is -0.334. The number of nitrogens with one attached hydrogen (secondary N) is 2. The minimum Gasteiger partial charge on any atom is -0.465 e. The maximum absolute atomic E-state index is 11.4. The second-order valence-corrected chi connectivity index (χ2v) is 4.98. The van der Waals surface area contributed by atoms with Gasteiger partial charge in [-0.3, -0.25) is 0 Å². The van der Waals surface area contributed by atoms with E-state index in [-0.39, 0.29) is 5.97 Å². The molecule has 5 nitrogen and oxygen atoms in total. The van der Waals surface area contributed by atoms with Gasteiger partial charge in [0.15, 0.2) is 0 Å². The van der Waals surface area contributed by atoms with Crippen molar-refractivity contribution in [3.05, 3.63) is 23.4 Å². The number of carbonyl (C=O) groups excluding carboxylic acids is 1. The van der Waals surface area contributed by atoms with Crippen molar-refractivity contribution in [2.45, 2.75) is 13.0 Å². The number of aryl methyl sites for hydroxylation is 1. The van der Waals surface area contributed by atoms with E-state index in [1.807, 2.05) is 13.0 Å². The lowest BCUT2D eigenvalue weighted by molar-refractivity contribution is 0.0599. The smallest absolute Gasteiger partial charge is 0.339 e. The molecule has 5 heteroatoms. The number of methoxy groups -OCH3 is 1. The van der Waals surface area contributed by atoms with E-state index < -0.39 is 0 Å². The fourth-order valence-electron chi connectivity index (χ4n) is 2.77. The Morgan fingerprint density at radius 3 is 2.78 bits per heavy atom. The second kappa shape index (κ2) is 4.24. The number of hydrogen-bond acceptors (Lipinski definition) is 5. The monoisotopic (exact) mass is 247 g/mol. The summed E-state index contributed by atoms with van der Waals surface area (Å²) in [5, 5.41) is 6.80. The Kier molecular flexibility index (Phi) is 2.70. The molecule has 2 aliphatic rings. The Morgan fingerprint density at radius 2 is 2.17 bits per heavy atom. The number of hydrogen-bond donors (Lipinski definition) is 2. The molecular weight excluding hydrogens is 230 g/mol. The maximum Gasteiger partial charge on any atom is 0.339 e. The number of anilines is 1. The first-order valence-electron chi connectivity index (χ1n) is 6.24. The third-order valence-electron chi connectivity index (χ3n) is 3.90. The van der Waals surface area contributed by atoms with Gasteiger partial charge in [-0.15, -0.1) is 0 Å². The first kappa shape index (κ1) is 11.5. The lowest BCUT2D eigenvalue weighted by Crippen LogP contribution is -2.22. The van der Waals surface area contributed by atoms with Crippen LogP contribution < -0.4 is 10.6 Å². The average Bonchev–Trinajstić information content (AvgIpc) is 2.81. The van der Waals surface area contributed by atoms with Gasteiger partial charge in [0.25, 0.3) is 0 Å². The van der Waals surface area contributed by atoms with E-state index in [1.165, 1.54) is 7.11 Å². The van der Waals surface area contributed by atoms with E-state index in [0.717, 1.165) is 30.7 Å². The van der Waals surface area contributed by atoms with Gasteiger partial charge in [0, 0.05) is 19.1 Å².